The monoisotopic (exact) mass is 330 g/mol. The number of hydrogen-bond donors (Lipinski definition) is 1. The Labute approximate surface area is 140 Å². The van der Waals surface area contributed by atoms with Gasteiger partial charge in [0.15, 0.2) is 5.82 Å². The maximum Gasteiger partial charge on any atom is 0.293 e. The zero-order chi connectivity index (χ0) is 16.9. The highest BCUT2D eigenvalue weighted by molar-refractivity contribution is 5.41. The zero-order valence-corrected chi connectivity index (χ0v) is 14.0. The number of hydrogen-bond acceptors (Lipinski definition) is 7. The molecule has 0 amide bonds. The van der Waals surface area contributed by atoms with Crippen LogP contribution in [-0.4, -0.2) is 45.3 Å². The van der Waals surface area contributed by atoms with E-state index in [0.29, 0.717) is 24.8 Å². The molecule has 1 aliphatic rings. The van der Waals surface area contributed by atoms with Crippen molar-refractivity contribution in [3.8, 4) is 5.88 Å². The van der Waals surface area contributed by atoms with Gasteiger partial charge in [0.25, 0.3) is 5.56 Å². The lowest BCUT2D eigenvalue weighted by atomic mass is 10.1. The zero-order valence-electron chi connectivity index (χ0n) is 14.0. The predicted octanol–water partition coefficient (Wildman–Crippen LogP) is 1.05. The van der Waals surface area contributed by atoms with Crippen molar-refractivity contribution in [3.05, 3.63) is 35.1 Å². The summed E-state index contributed by atoms with van der Waals surface area (Å²) in [4.78, 5) is 26.9. The molecular formula is C16H22N6O2. The van der Waals surface area contributed by atoms with E-state index < -0.39 is 0 Å². The number of ether oxygens (including phenoxy) is 1. The number of aromatic nitrogens is 4. The summed E-state index contributed by atoms with van der Waals surface area (Å²) in [7, 11) is 1.74. The van der Waals surface area contributed by atoms with Crippen molar-refractivity contribution in [1.82, 2.24) is 19.5 Å². The first kappa shape index (κ1) is 16.2. The third kappa shape index (κ3) is 3.64. The second kappa shape index (κ2) is 7.29. The fourth-order valence-electron chi connectivity index (χ4n) is 2.84. The molecule has 0 aromatic carbocycles. The molecule has 3 rings (SSSR count). The van der Waals surface area contributed by atoms with E-state index >= 15 is 0 Å². The molecule has 2 aromatic rings. The van der Waals surface area contributed by atoms with Crippen LogP contribution in [0.25, 0.3) is 0 Å². The quantitative estimate of drug-likeness (QED) is 0.877. The molecule has 0 aliphatic carbocycles. The van der Waals surface area contributed by atoms with Gasteiger partial charge in [-0.2, -0.15) is 0 Å². The van der Waals surface area contributed by atoms with Gasteiger partial charge in [0, 0.05) is 44.6 Å². The van der Waals surface area contributed by atoms with Crippen molar-refractivity contribution in [2.24, 2.45) is 7.05 Å². The first-order valence-corrected chi connectivity index (χ1v) is 8.15. The number of aryl methyl sites for hydroxylation is 1. The Kier molecular flexibility index (Phi) is 4.93. The van der Waals surface area contributed by atoms with E-state index in [-0.39, 0.29) is 11.6 Å². The summed E-state index contributed by atoms with van der Waals surface area (Å²) in [5.41, 5.74) is -0.0705. The summed E-state index contributed by atoms with van der Waals surface area (Å²) < 4.78 is 6.95. The average molecular weight is 330 g/mol. The van der Waals surface area contributed by atoms with Crippen molar-refractivity contribution >= 4 is 11.6 Å². The standard InChI is InChI=1S/C16H22N6O2/c1-3-24-14-9-13(18-11-19-14)20-12-5-4-7-22(10-12)15-16(23)21(2)8-6-17-15/h6,8-9,11-12H,3-5,7,10H2,1-2H3,(H,18,19,20)/t12-/m1/s1. The van der Waals surface area contributed by atoms with Crippen LogP contribution < -0.4 is 20.5 Å². The van der Waals surface area contributed by atoms with Gasteiger partial charge in [0.1, 0.15) is 12.1 Å². The van der Waals surface area contributed by atoms with Crippen LogP contribution in [-0.2, 0) is 7.05 Å². The van der Waals surface area contributed by atoms with Crippen LogP contribution in [0, 0.1) is 0 Å². The van der Waals surface area contributed by atoms with E-state index in [2.05, 4.69) is 20.3 Å². The molecule has 24 heavy (non-hydrogen) atoms. The molecule has 0 radical (unpaired) electrons. The van der Waals surface area contributed by atoms with Crippen molar-refractivity contribution in [1.29, 1.82) is 0 Å². The molecule has 128 valence electrons. The van der Waals surface area contributed by atoms with Gasteiger partial charge in [-0.25, -0.2) is 15.0 Å². The van der Waals surface area contributed by atoms with Crippen molar-refractivity contribution < 1.29 is 4.74 Å². The number of nitrogens with one attached hydrogen (secondary N) is 1. The summed E-state index contributed by atoms with van der Waals surface area (Å²) in [6.07, 6.45) is 6.81. The molecule has 0 unspecified atom stereocenters. The van der Waals surface area contributed by atoms with E-state index in [1.807, 2.05) is 11.8 Å². The lowest BCUT2D eigenvalue weighted by Crippen LogP contribution is -2.45. The number of nitrogens with zero attached hydrogens (tertiary/aromatic N) is 5. The van der Waals surface area contributed by atoms with Crippen molar-refractivity contribution in [2.45, 2.75) is 25.8 Å². The molecular weight excluding hydrogens is 308 g/mol. The maximum atomic E-state index is 12.3. The highest BCUT2D eigenvalue weighted by Gasteiger charge is 2.23. The third-order valence-corrected chi connectivity index (χ3v) is 4.01. The molecule has 8 nitrogen and oxygen atoms in total. The van der Waals surface area contributed by atoms with Crippen LogP contribution in [0.1, 0.15) is 19.8 Å². The van der Waals surface area contributed by atoms with Crippen LogP contribution >= 0.6 is 0 Å². The molecule has 1 saturated heterocycles. The number of rotatable bonds is 5. The second-order valence-corrected chi connectivity index (χ2v) is 5.77. The number of anilines is 2. The Morgan fingerprint density at radius 2 is 2.25 bits per heavy atom. The molecule has 2 aromatic heterocycles. The lowest BCUT2D eigenvalue weighted by Gasteiger charge is -2.33. The van der Waals surface area contributed by atoms with Crippen LogP contribution in [0.3, 0.4) is 0 Å². The molecule has 1 aliphatic heterocycles. The van der Waals surface area contributed by atoms with E-state index in [4.69, 9.17) is 4.74 Å². The Balaban J connectivity index is 1.71. The average Bonchev–Trinajstić information content (AvgIpc) is 2.58. The van der Waals surface area contributed by atoms with Crippen molar-refractivity contribution in [3.63, 3.8) is 0 Å². The predicted molar refractivity (Wildman–Crippen MR) is 91.5 cm³/mol. The van der Waals surface area contributed by atoms with Crippen LogP contribution in [0.5, 0.6) is 5.88 Å². The van der Waals surface area contributed by atoms with Crippen molar-refractivity contribution in [2.75, 3.05) is 29.9 Å². The fourth-order valence-corrected chi connectivity index (χ4v) is 2.84. The molecule has 8 heteroatoms. The van der Waals surface area contributed by atoms with Gasteiger partial charge in [-0.15, -0.1) is 0 Å². The third-order valence-electron chi connectivity index (χ3n) is 4.01. The highest BCUT2D eigenvalue weighted by Crippen LogP contribution is 2.19. The Hall–Kier alpha value is -2.64. The molecule has 1 fully saturated rings. The molecule has 0 saturated carbocycles. The van der Waals surface area contributed by atoms with Crippen LogP contribution in [0.4, 0.5) is 11.6 Å². The van der Waals surface area contributed by atoms with Gasteiger partial charge < -0.3 is 19.5 Å². The smallest absolute Gasteiger partial charge is 0.293 e. The minimum Gasteiger partial charge on any atom is -0.478 e. The van der Waals surface area contributed by atoms with Gasteiger partial charge in [0.05, 0.1) is 6.61 Å². The van der Waals surface area contributed by atoms with Gasteiger partial charge >= 0.3 is 0 Å². The molecule has 3 heterocycles. The lowest BCUT2D eigenvalue weighted by molar-refractivity contribution is 0.326. The summed E-state index contributed by atoms with van der Waals surface area (Å²) in [5, 5.41) is 3.40. The minimum absolute atomic E-state index is 0.0705. The first-order chi connectivity index (χ1) is 11.7. The summed E-state index contributed by atoms with van der Waals surface area (Å²) in [6, 6.07) is 1.98. The largest absolute Gasteiger partial charge is 0.478 e. The number of piperidine rings is 1. The normalized spacial score (nSPS) is 17.6. The van der Waals surface area contributed by atoms with Gasteiger partial charge in [-0.3, -0.25) is 4.79 Å². The topological polar surface area (TPSA) is 85.2 Å². The van der Waals surface area contributed by atoms with E-state index in [1.54, 1.807) is 30.1 Å². The second-order valence-electron chi connectivity index (χ2n) is 5.77. The van der Waals surface area contributed by atoms with E-state index in [1.165, 1.54) is 6.33 Å². The fraction of sp³-hybridized carbons (Fsp3) is 0.500. The Morgan fingerprint density at radius 3 is 3.08 bits per heavy atom. The highest BCUT2D eigenvalue weighted by atomic mass is 16.5. The summed E-state index contributed by atoms with van der Waals surface area (Å²) >= 11 is 0. The SMILES string of the molecule is CCOc1cc(N[C@@H]2CCCN(c3nccn(C)c3=O)C2)ncn1. The van der Waals surface area contributed by atoms with Crippen LogP contribution in [0.15, 0.2) is 29.6 Å². The van der Waals surface area contributed by atoms with E-state index in [9.17, 15) is 4.79 Å². The minimum atomic E-state index is -0.0705. The van der Waals surface area contributed by atoms with Gasteiger partial charge in [-0.05, 0) is 19.8 Å². The molecule has 0 bridgehead atoms. The van der Waals surface area contributed by atoms with Crippen LogP contribution in [0.2, 0.25) is 0 Å². The maximum absolute atomic E-state index is 12.3. The Bertz CT molecular complexity index is 747. The summed E-state index contributed by atoms with van der Waals surface area (Å²) in [5.74, 6) is 1.79. The Morgan fingerprint density at radius 1 is 1.38 bits per heavy atom. The first-order valence-electron chi connectivity index (χ1n) is 8.15. The van der Waals surface area contributed by atoms with Gasteiger partial charge in [-0.1, -0.05) is 0 Å². The van der Waals surface area contributed by atoms with E-state index in [0.717, 1.165) is 25.2 Å². The molecule has 1 atom stereocenters. The summed E-state index contributed by atoms with van der Waals surface area (Å²) in [6.45, 7) is 4.02. The molecule has 0 spiro atoms. The molecule has 1 N–H and O–H groups in total. The van der Waals surface area contributed by atoms with Gasteiger partial charge in [0.2, 0.25) is 5.88 Å².